The van der Waals surface area contributed by atoms with Gasteiger partial charge in [-0.15, -0.1) is 0 Å². The summed E-state index contributed by atoms with van der Waals surface area (Å²) in [6, 6.07) is 52.7. The predicted octanol–water partition coefficient (Wildman–Crippen LogP) is 9.11. The fourth-order valence-corrected chi connectivity index (χ4v) is 9.95. The molecule has 11 rings (SSSR count). The van der Waals surface area contributed by atoms with E-state index in [-0.39, 0.29) is 19.5 Å². The molecule has 6 aromatic carbocycles. The van der Waals surface area contributed by atoms with E-state index in [1.54, 1.807) is 6.39 Å². The molecular weight excluding hydrogens is 749 g/mol. The zero-order valence-corrected chi connectivity index (χ0v) is 30.2. The van der Waals surface area contributed by atoms with E-state index in [4.69, 9.17) is 13.8 Å². The van der Waals surface area contributed by atoms with Crippen molar-refractivity contribution in [1.82, 2.24) is 24.2 Å². The molecule has 9 heteroatoms. The standard InChI is InChI=1S/C25H17N2OSi.C18H11N3O.Rh/c1-3-9-18(10-4-1)29(19-11-5-2-6-12-19)27-22-14-8-7-13-20(22)21-15-16-23-24(25(21)27)26-17-28-23;1-2-6-14-11(4-1)12-8-9-15(21-18(12)20-14)13-5-3-7-16-17(13)19-10-22-16;/h1-17H;1-10H,(H,20,21);. The van der Waals surface area contributed by atoms with E-state index < -0.39 is 8.96 Å². The molecule has 7 nitrogen and oxygen atoms in total. The molecule has 250 valence electrons. The van der Waals surface area contributed by atoms with Crippen LogP contribution in [0.1, 0.15) is 0 Å². The molecule has 11 aromatic rings. The number of hydrogen-bond acceptors (Lipinski definition) is 5. The van der Waals surface area contributed by atoms with Crippen molar-refractivity contribution in [3.8, 4) is 11.3 Å². The minimum atomic E-state index is -1.32. The summed E-state index contributed by atoms with van der Waals surface area (Å²) in [6.07, 6.45) is 3.01. The molecule has 0 spiro atoms. The number of H-pyrrole nitrogens is 1. The van der Waals surface area contributed by atoms with Crippen LogP contribution in [0.2, 0.25) is 0 Å². The van der Waals surface area contributed by atoms with Crippen LogP contribution in [0, 0.1) is 0 Å². The van der Waals surface area contributed by atoms with Gasteiger partial charge < -0.3 is 18.1 Å². The zero-order valence-electron chi connectivity index (χ0n) is 27.5. The molecule has 5 aromatic heterocycles. The second-order valence-corrected chi connectivity index (χ2v) is 14.7. The van der Waals surface area contributed by atoms with Gasteiger partial charge in [0.15, 0.2) is 24.0 Å². The van der Waals surface area contributed by atoms with E-state index in [1.807, 2.05) is 42.5 Å². The Labute approximate surface area is 312 Å². The molecule has 52 heavy (non-hydrogen) atoms. The van der Waals surface area contributed by atoms with Gasteiger partial charge in [0, 0.05) is 57.6 Å². The number of fused-ring (bicyclic) bond motifs is 9. The Hall–Kier alpha value is -6.15. The summed E-state index contributed by atoms with van der Waals surface area (Å²) in [5, 5.41) is 7.47. The second kappa shape index (κ2) is 13.2. The van der Waals surface area contributed by atoms with Gasteiger partial charge in [-0.05, 0) is 52.8 Å². The molecule has 0 amide bonds. The third kappa shape index (κ3) is 5.25. The number of nitrogens with one attached hydrogen (secondary N) is 1. The summed E-state index contributed by atoms with van der Waals surface area (Å²) >= 11 is 0. The topological polar surface area (TPSA) is 85.7 Å². The molecule has 0 aliphatic carbocycles. The normalized spacial score (nSPS) is 11.5. The third-order valence-electron chi connectivity index (χ3n) is 9.45. The van der Waals surface area contributed by atoms with Gasteiger partial charge in [0.2, 0.25) is 8.96 Å². The fourth-order valence-electron chi connectivity index (χ4n) is 7.20. The van der Waals surface area contributed by atoms with Crippen LogP contribution < -0.4 is 10.4 Å². The summed E-state index contributed by atoms with van der Waals surface area (Å²) in [7, 11) is -1.32. The van der Waals surface area contributed by atoms with Crippen LogP contribution in [0.25, 0.3) is 77.2 Å². The number of para-hydroxylation sites is 3. The number of aromatic amines is 1. The van der Waals surface area contributed by atoms with Crippen molar-refractivity contribution in [2.75, 3.05) is 0 Å². The number of benzene rings is 6. The second-order valence-electron chi connectivity index (χ2n) is 12.4. The summed E-state index contributed by atoms with van der Waals surface area (Å²) in [5.41, 5.74) is 9.60. The van der Waals surface area contributed by atoms with Crippen LogP contribution in [-0.2, 0) is 19.5 Å². The Morgan fingerprint density at radius 1 is 0.519 bits per heavy atom. The Morgan fingerprint density at radius 3 is 1.92 bits per heavy atom. The minimum Gasteiger partial charge on any atom is -0.443 e. The predicted molar refractivity (Wildman–Crippen MR) is 207 cm³/mol. The first-order chi connectivity index (χ1) is 25.3. The molecule has 0 unspecified atom stereocenters. The van der Waals surface area contributed by atoms with Crippen LogP contribution in [0.3, 0.4) is 0 Å². The van der Waals surface area contributed by atoms with E-state index in [9.17, 15) is 0 Å². The maximum Gasteiger partial charge on any atom is 0.247 e. The van der Waals surface area contributed by atoms with Gasteiger partial charge in [-0.2, -0.15) is 0 Å². The van der Waals surface area contributed by atoms with Crippen molar-refractivity contribution in [3.05, 3.63) is 164 Å². The first-order valence-electron chi connectivity index (χ1n) is 16.8. The number of oxazole rings is 2. The Kier molecular flexibility index (Phi) is 8.07. The number of nitrogens with zero attached hydrogens (tertiary/aromatic N) is 4. The summed E-state index contributed by atoms with van der Waals surface area (Å²) < 4.78 is 13.5. The molecule has 0 bridgehead atoms. The van der Waals surface area contributed by atoms with E-state index in [0.717, 1.165) is 55.5 Å². The van der Waals surface area contributed by atoms with Gasteiger partial charge in [0.25, 0.3) is 0 Å². The van der Waals surface area contributed by atoms with Crippen LogP contribution in [0.15, 0.2) is 173 Å². The fraction of sp³-hybridized carbons (Fsp3) is 0. The average molecular weight is 778 g/mol. The van der Waals surface area contributed by atoms with Gasteiger partial charge >= 0.3 is 0 Å². The monoisotopic (exact) mass is 777 g/mol. The van der Waals surface area contributed by atoms with E-state index in [2.05, 4.69) is 128 Å². The van der Waals surface area contributed by atoms with Gasteiger partial charge in [0.1, 0.15) is 16.7 Å². The van der Waals surface area contributed by atoms with Crippen molar-refractivity contribution in [2.24, 2.45) is 0 Å². The number of hydrogen-bond donors (Lipinski definition) is 1. The molecule has 0 saturated carbocycles. The van der Waals surface area contributed by atoms with Gasteiger partial charge in [-0.1, -0.05) is 109 Å². The zero-order chi connectivity index (χ0) is 33.7. The Bertz CT molecular complexity index is 2970. The maximum absolute atomic E-state index is 5.66. The smallest absolute Gasteiger partial charge is 0.247 e. The SMILES string of the molecule is [Rh].c1ccc([Si](c2ccccc2)n2c3ccccc3c3ccc4ocnc4c32)cc1.c1ccc2c(c1)[nH]c1nc(-c3cccc4ocnc34)ccc12. The van der Waals surface area contributed by atoms with Gasteiger partial charge in [-0.25, -0.2) is 15.0 Å². The molecule has 2 radical (unpaired) electrons. The largest absolute Gasteiger partial charge is 0.443 e. The molecule has 1 N–H and O–H groups in total. The molecule has 0 fully saturated rings. The van der Waals surface area contributed by atoms with E-state index in [0.29, 0.717) is 0 Å². The molecule has 0 aliphatic heterocycles. The average Bonchev–Trinajstić information content (AvgIpc) is 4.00. The van der Waals surface area contributed by atoms with E-state index >= 15 is 0 Å². The summed E-state index contributed by atoms with van der Waals surface area (Å²) in [6.45, 7) is 0. The number of aromatic nitrogens is 5. The van der Waals surface area contributed by atoms with Crippen molar-refractivity contribution in [1.29, 1.82) is 0 Å². The Balaban J connectivity index is 0.000000141. The molecule has 0 aliphatic rings. The molecule has 0 atom stereocenters. The molecular formula is C43H28N5O2RhSi. The number of pyridine rings is 1. The van der Waals surface area contributed by atoms with Crippen LogP contribution in [-0.4, -0.2) is 33.1 Å². The molecule has 5 heterocycles. The van der Waals surface area contributed by atoms with Gasteiger partial charge in [-0.3, -0.25) is 0 Å². The Morgan fingerprint density at radius 2 is 1.15 bits per heavy atom. The quantitative estimate of drug-likeness (QED) is 0.180. The van der Waals surface area contributed by atoms with Crippen LogP contribution >= 0.6 is 0 Å². The molecule has 0 saturated heterocycles. The van der Waals surface area contributed by atoms with Crippen molar-refractivity contribution >= 4 is 85.3 Å². The van der Waals surface area contributed by atoms with Crippen molar-refractivity contribution < 1.29 is 28.3 Å². The van der Waals surface area contributed by atoms with Crippen LogP contribution in [0.5, 0.6) is 0 Å². The maximum atomic E-state index is 5.66. The minimum absolute atomic E-state index is 0. The van der Waals surface area contributed by atoms with Crippen molar-refractivity contribution in [3.63, 3.8) is 0 Å². The first-order valence-corrected chi connectivity index (χ1v) is 18.2. The van der Waals surface area contributed by atoms with Gasteiger partial charge in [0.05, 0.1) is 11.2 Å². The first kappa shape index (κ1) is 31.8. The summed E-state index contributed by atoms with van der Waals surface area (Å²) in [4.78, 5) is 17.1. The number of rotatable bonds is 4. The van der Waals surface area contributed by atoms with Crippen LogP contribution in [0.4, 0.5) is 0 Å². The third-order valence-corrected chi connectivity index (χ3v) is 12.1. The summed E-state index contributed by atoms with van der Waals surface area (Å²) in [5.74, 6) is 0. The van der Waals surface area contributed by atoms with E-state index in [1.165, 1.54) is 38.4 Å². The van der Waals surface area contributed by atoms with Crippen molar-refractivity contribution in [2.45, 2.75) is 0 Å².